The van der Waals surface area contributed by atoms with E-state index in [9.17, 15) is 0 Å². The van der Waals surface area contributed by atoms with Crippen LogP contribution in [0.15, 0.2) is 18.2 Å². The van der Waals surface area contributed by atoms with Crippen molar-refractivity contribution in [2.24, 2.45) is 0 Å². The molecule has 2 nitrogen and oxygen atoms in total. The second-order valence-corrected chi connectivity index (χ2v) is 3.06. The standard InChI is InChI=1S/C11H12O2/c1-3-4-9-6-11-10(5-8(9)2)12-7-13-11/h3-6H,7H2,1-2H3. The van der Waals surface area contributed by atoms with Crippen LogP contribution in [-0.4, -0.2) is 6.79 Å². The average Bonchev–Trinajstić information content (AvgIpc) is 2.52. The van der Waals surface area contributed by atoms with E-state index in [4.69, 9.17) is 9.47 Å². The van der Waals surface area contributed by atoms with Gasteiger partial charge < -0.3 is 9.47 Å². The molecule has 2 heteroatoms. The van der Waals surface area contributed by atoms with Crippen molar-refractivity contribution in [3.05, 3.63) is 29.3 Å². The van der Waals surface area contributed by atoms with Gasteiger partial charge in [0.1, 0.15) is 0 Å². The Labute approximate surface area is 77.8 Å². The second kappa shape index (κ2) is 3.13. The minimum atomic E-state index is 0.341. The van der Waals surface area contributed by atoms with Gasteiger partial charge in [0.15, 0.2) is 11.5 Å². The van der Waals surface area contributed by atoms with Crippen LogP contribution in [0.25, 0.3) is 6.08 Å². The average molecular weight is 176 g/mol. The van der Waals surface area contributed by atoms with Gasteiger partial charge in [-0.15, -0.1) is 0 Å². The molecule has 0 unspecified atom stereocenters. The number of benzene rings is 1. The first-order chi connectivity index (χ1) is 6.31. The van der Waals surface area contributed by atoms with E-state index in [1.165, 1.54) is 11.1 Å². The number of hydrogen-bond donors (Lipinski definition) is 0. The summed E-state index contributed by atoms with van der Waals surface area (Å²) in [5.41, 5.74) is 2.40. The molecule has 0 saturated heterocycles. The monoisotopic (exact) mass is 176 g/mol. The predicted octanol–water partition coefficient (Wildman–Crippen LogP) is 2.76. The molecule has 0 aliphatic carbocycles. The fourth-order valence-corrected chi connectivity index (χ4v) is 1.42. The lowest BCUT2D eigenvalue weighted by Gasteiger charge is -2.02. The van der Waals surface area contributed by atoms with Crippen LogP contribution in [0.1, 0.15) is 18.1 Å². The van der Waals surface area contributed by atoms with Gasteiger partial charge in [-0.3, -0.25) is 0 Å². The molecule has 0 saturated carbocycles. The first kappa shape index (κ1) is 8.17. The molecule has 0 N–H and O–H groups in total. The predicted molar refractivity (Wildman–Crippen MR) is 52.0 cm³/mol. The molecule has 13 heavy (non-hydrogen) atoms. The summed E-state index contributed by atoms with van der Waals surface area (Å²) in [6.07, 6.45) is 4.09. The molecule has 1 aromatic rings. The summed E-state index contributed by atoms with van der Waals surface area (Å²) in [4.78, 5) is 0. The first-order valence-electron chi connectivity index (χ1n) is 4.34. The minimum Gasteiger partial charge on any atom is -0.454 e. The maximum Gasteiger partial charge on any atom is 0.231 e. The lowest BCUT2D eigenvalue weighted by molar-refractivity contribution is 0.174. The first-order valence-corrected chi connectivity index (χ1v) is 4.34. The molecule has 0 bridgehead atoms. The molecule has 0 radical (unpaired) electrons. The van der Waals surface area contributed by atoms with Gasteiger partial charge in [-0.1, -0.05) is 12.2 Å². The van der Waals surface area contributed by atoms with Gasteiger partial charge >= 0.3 is 0 Å². The van der Waals surface area contributed by atoms with Crippen LogP contribution < -0.4 is 9.47 Å². The molecule has 0 amide bonds. The molecular weight excluding hydrogens is 164 g/mol. The van der Waals surface area contributed by atoms with Crippen LogP contribution in [-0.2, 0) is 0 Å². The van der Waals surface area contributed by atoms with Crippen LogP contribution in [0.5, 0.6) is 11.5 Å². The zero-order valence-electron chi connectivity index (χ0n) is 7.83. The fraction of sp³-hybridized carbons (Fsp3) is 0.273. The van der Waals surface area contributed by atoms with Crippen molar-refractivity contribution >= 4 is 6.08 Å². The Morgan fingerprint density at radius 2 is 1.92 bits per heavy atom. The quantitative estimate of drug-likeness (QED) is 0.655. The molecule has 1 heterocycles. The number of fused-ring (bicyclic) bond motifs is 1. The summed E-state index contributed by atoms with van der Waals surface area (Å²) in [6.45, 7) is 4.41. The fourth-order valence-electron chi connectivity index (χ4n) is 1.42. The molecule has 1 aromatic carbocycles. The van der Waals surface area contributed by atoms with E-state index in [2.05, 4.69) is 13.0 Å². The lowest BCUT2D eigenvalue weighted by atomic mass is 10.1. The molecule has 0 fully saturated rings. The van der Waals surface area contributed by atoms with Gasteiger partial charge in [0, 0.05) is 0 Å². The summed E-state index contributed by atoms with van der Waals surface area (Å²) in [5, 5.41) is 0. The maximum absolute atomic E-state index is 5.28. The van der Waals surface area contributed by atoms with E-state index in [1.807, 2.05) is 25.1 Å². The summed E-state index contributed by atoms with van der Waals surface area (Å²) in [7, 11) is 0. The third kappa shape index (κ3) is 1.39. The van der Waals surface area contributed by atoms with Gasteiger partial charge in [-0.2, -0.15) is 0 Å². The number of allylic oxidation sites excluding steroid dienone is 1. The summed E-state index contributed by atoms with van der Waals surface area (Å²) < 4.78 is 10.6. The van der Waals surface area contributed by atoms with Gasteiger partial charge in [-0.05, 0) is 37.1 Å². The van der Waals surface area contributed by atoms with E-state index in [0.29, 0.717) is 6.79 Å². The zero-order chi connectivity index (χ0) is 9.26. The number of aryl methyl sites for hydroxylation is 1. The maximum atomic E-state index is 5.28. The smallest absolute Gasteiger partial charge is 0.231 e. The van der Waals surface area contributed by atoms with Crippen LogP contribution in [0.3, 0.4) is 0 Å². The number of rotatable bonds is 1. The Morgan fingerprint density at radius 3 is 2.62 bits per heavy atom. The van der Waals surface area contributed by atoms with Crippen molar-refractivity contribution in [1.82, 2.24) is 0 Å². The highest BCUT2D eigenvalue weighted by molar-refractivity contribution is 5.60. The molecule has 1 aliphatic rings. The summed E-state index contributed by atoms with van der Waals surface area (Å²) >= 11 is 0. The minimum absolute atomic E-state index is 0.341. The third-order valence-electron chi connectivity index (χ3n) is 2.11. The molecule has 1 aliphatic heterocycles. The van der Waals surface area contributed by atoms with E-state index in [1.54, 1.807) is 0 Å². The topological polar surface area (TPSA) is 18.5 Å². The number of hydrogen-bond acceptors (Lipinski definition) is 2. The van der Waals surface area contributed by atoms with Gasteiger partial charge in [0.2, 0.25) is 6.79 Å². The van der Waals surface area contributed by atoms with Crippen molar-refractivity contribution < 1.29 is 9.47 Å². The second-order valence-electron chi connectivity index (χ2n) is 3.06. The zero-order valence-corrected chi connectivity index (χ0v) is 7.83. The van der Waals surface area contributed by atoms with E-state index < -0.39 is 0 Å². The molecule has 0 aromatic heterocycles. The Hall–Kier alpha value is -1.44. The van der Waals surface area contributed by atoms with Crippen molar-refractivity contribution in [3.63, 3.8) is 0 Å². The molecule has 0 atom stereocenters. The Bertz CT molecular complexity index is 353. The third-order valence-corrected chi connectivity index (χ3v) is 2.11. The highest BCUT2D eigenvalue weighted by Gasteiger charge is 2.14. The van der Waals surface area contributed by atoms with Crippen molar-refractivity contribution in [2.75, 3.05) is 6.79 Å². The Balaban J connectivity index is 2.49. The van der Waals surface area contributed by atoms with E-state index >= 15 is 0 Å². The molecule has 0 spiro atoms. The normalized spacial score (nSPS) is 14.0. The van der Waals surface area contributed by atoms with E-state index in [-0.39, 0.29) is 0 Å². The highest BCUT2D eigenvalue weighted by atomic mass is 16.7. The van der Waals surface area contributed by atoms with Gasteiger partial charge in [0.05, 0.1) is 0 Å². The number of ether oxygens (including phenoxy) is 2. The summed E-state index contributed by atoms with van der Waals surface area (Å²) in [5.74, 6) is 1.70. The van der Waals surface area contributed by atoms with Crippen molar-refractivity contribution in [2.45, 2.75) is 13.8 Å². The highest BCUT2D eigenvalue weighted by Crippen LogP contribution is 2.34. The summed E-state index contributed by atoms with van der Waals surface area (Å²) in [6, 6.07) is 4.02. The Kier molecular flexibility index (Phi) is 1.97. The van der Waals surface area contributed by atoms with Crippen LogP contribution in [0, 0.1) is 6.92 Å². The molecule has 2 rings (SSSR count). The molecular formula is C11H12O2. The van der Waals surface area contributed by atoms with Gasteiger partial charge in [-0.25, -0.2) is 0 Å². The van der Waals surface area contributed by atoms with E-state index in [0.717, 1.165) is 11.5 Å². The van der Waals surface area contributed by atoms with Gasteiger partial charge in [0.25, 0.3) is 0 Å². The largest absolute Gasteiger partial charge is 0.454 e. The van der Waals surface area contributed by atoms with Crippen LogP contribution in [0.2, 0.25) is 0 Å². The Morgan fingerprint density at radius 1 is 1.23 bits per heavy atom. The SMILES string of the molecule is CC=Cc1cc2c(cc1C)OCO2. The van der Waals surface area contributed by atoms with Crippen LogP contribution in [0.4, 0.5) is 0 Å². The van der Waals surface area contributed by atoms with Crippen LogP contribution >= 0.6 is 0 Å². The lowest BCUT2D eigenvalue weighted by Crippen LogP contribution is -1.92. The molecule has 68 valence electrons. The van der Waals surface area contributed by atoms with Crippen molar-refractivity contribution in [3.8, 4) is 11.5 Å². The van der Waals surface area contributed by atoms with Crippen molar-refractivity contribution in [1.29, 1.82) is 0 Å².